The third kappa shape index (κ3) is 4.94. The second-order valence-electron chi connectivity index (χ2n) is 5.64. The molecule has 8 nitrogen and oxygen atoms in total. The van der Waals surface area contributed by atoms with Crippen molar-refractivity contribution in [2.24, 2.45) is 0 Å². The number of morpholine rings is 1. The molecule has 25 heavy (non-hydrogen) atoms. The molecule has 2 amide bonds. The molecule has 1 aliphatic heterocycles. The number of urea groups is 1. The van der Waals surface area contributed by atoms with Crippen LogP contribution in [-0.2, 0) is 11.2 Å². The van der Waals surface area contributed by atoms with E-state index in [1.165, 1.54) is 11.3 Å². The van der Waals surface area contributed by atoms with Crippen molar-refractivity contribution in [1.29, 1.82) is 0 Å². The van der Waals surface area contributed by atoms with E-state index in [4.69, 9.17) is 4.74 Å². The Morgan fingerprint density at radius 1 is 1.40 bits per heavy atom. The lowest BCUT2D eigenvalue weighted by molar-refractivity contribution is 0.0167. The van der Waals surface area contributed by atoms with Crippen LogP contribution >= 0.6 is 11.3 Å². The second kappa shape index (κ2) is 8.84. The summed E-state index contributed by atoms with van der Waals surface area (Å²) in [5, 5.41) is 15.0. The third-order valence-electron chi connectivity index (χ3n) is 4.00. The van der Waals surface area contributed by atoms with Gasteiger partial charge in [-0.05, 0) is 18.1 Å². The molecule has 2 aromatic heterocycles. The average Bonchev–Trinajstić information content (AvgIpc) is 3.11. The molecule has 0 aromatic carbocycles. The van der Waals surface area contributed by atoms with Crippen molar-refractivity contribution in [2.45, 2.75) is 19.4 Å². The lowest BCUT2D eigenvalue weighted by Gasteiger charge is -2.34. The fourth-order valence-corrected chi connectivity index (χ4v) is 3.37. The molecule has 1 atom stereocenters. The number of hydrogen-bond acceptors (Lipinski definition) is 7. The first-order valence-corrected chi connectivity index (χ1v) is 9.17. The van der Waals surface area contributed by atoms with Gasteiger partial charge in [-0.1, -0.05) is 24.3 Å². The number of pyridine rings is 1. The molecule has 3 rings (SSSR count). The summed E-state index contributed by atoms with van der Waals surface area (Å²) in [5.41, 5.74) is 1.08. The van der Waals surface area contributed by atoms with Crippen LogP contribution in [0.3, 0.4) is 0 Å². The molecule has 2 aromatic rings. The first-order valence-electron chi connectivity index (χ1n) is 8.35. The van der Waals surface area contributed by atoms with Crippen LogP contribution in [0.1, 0.15) is 23.5 Å². The van der Waals surface area contributed by atoms with Gasteiger partial charge in [-0.15, -0.1) is 10.2 Å². The number of nitrogens with one attached hydrogen (secondary N) is 2. The van der Waals surface area contributed by atoms with Crippen LogP contribution in [0.2, 0.25) is 0 Å². The Bertz CT molecular complexity index is 674. The average molecular weight is 362 g/mol. The summed E-state index contributed by atoms with van der Waals surface area (Å²) in [6, 6.07) is 3.73. The Labute approximate surface area is 150 Å². The van der Waals surface area contributed by atoms with Crippen molar-refractivity contribution in [3.63, 3.8) is 0 Å². The molecule has 0 aliphatic carbocycles. The summed E-state index contributed by atoms with van der Waals surface area (Å²) in [4.78, 5) is 18.7. The zero-order valence-electron chi connectivity index (χ0n) is 14.1. The molecular weight excluding hydrogens is 340 g/mol. The van der Waals surface area contributed by atoms with E-state index in [0.29, 0.717) is 24.9 Å². The van der Waals surface area contributed by atoms with Crippen molar-refractivity contribution < 1.29 is 9.53 Å². The fourth-order valence-electron chi connectivity index (χ4n) is 2.70. The van der Waals surface area contributed by atoms with Gasteiger partial charge in [0, 0.05) is 32.0 Å². The van der Waals surface area contributed by atoms with Gasteiger partial charge in [0.1, 0.15) is 5.01 Å². The summed E-state index contributed by atoms with van der Waals surface area (Å²) in [6.07, 6.45) is 4.40. The van der Waals surface area contributed by atoms with Crippen molar-refractivity contribution in [2.75, 3.05) is 38.2 Å². The molecule has 0 radical (unpaired) electrons. The van der Waals surface area contributed by atoms with Crippen molar-refractivity contribution in [3.8, 4) is 0 Å². The number of aryl methyl sites for hydroxylation is 1. The van der Waals surface area contributed by atoms with E-state index in [9.17, 15) is 4.79 Å². The number of carbonyl (C=O) groups is 1. The minimum Gasteiger partial charge on any atom is -0.379 e. The van der Waals surface area contributed by atoms with Crippen LogP contribution in [-0.4, -0.2) is 59.0 Å². The minimum atomic E-state index is -0.277. The van der Waals surface area contributed by atoms with Crippen molar-refractivity contribution in [3.05, 3.63) is 35.1 Å². The van der Waals surface area contributed by atoms with E-state index in [1.54, 1.807) is 6.20 Å². The van der Waals surface area contributed by atoms with Crippen LogP contribution in [0.4, 0.5) is 9.93 Å². The maximum absolute atomic E-state index is 12.2. The molecule has 0 saturated carbocycles. The monoisotopic (exact) mass is 362 g/mol. The molecule has 0 unspecified atom stereocenters. The highest BCUT2D eigenvalue weighted by atomic mass is 32.1. The largest absolute Gasteiger partial charge is 0.379 e. The molecule has 1 aliphatic rings. The van der Waals surface area contributed by atoms with Gasteiger partial charge in [-0.3, -0.25) is 15.2 Å². The van der Waals surface area contributed by atoms with E-state index >= 15 is 0 Å². The minimum absolute atomic E-state index is 0.0592. The number of amides is 2. The number of nitrogens with zero attached hydrogens (tertiary/aromatic N) is 4. The molecule has 2 N–H and O–H groups in total. The highest BCUT2D eigenvalue weighted by molar-refractivity contribution is 7.15. The number of hydrogen-bond donors (Lipinski definition) is 2. The predicted octanol–water partition coefficient (Wildman–Crippen LogP) is 1.69. The van der Waals surface area contributed by atoms with E-state index in [2.05, 4.69) is 30.7 Å². The van der Waals surface area contributed by atoms with Crippen LogP contribution < -0.4 is 10.6 Å². The molecule has 1 saturated heterocycles. The molecule has 3 heterocycles. The number of carbonyl (C=O) groups excluding carboxylic acids is 1. The van der Waals surface area contributed by atoms with Crippen LogP contribution in [0.15, 0.2) is 24.5 Å². The van der Waals surface area contributed by atoms with Crippen molar-refractivity contribution >= 4 is 22.5 Å². The van der Waals surface area contributed by atoms with E-state index < -0.39 is 0 Å². The van der Waals surface area contributed by atoms with Crippen LogP contribution in [0, 0.1) is 0 Å². The topological polar surface area (TPSA) is 92.3 Å². The quantitative estimate of drug-likeness (QED) is 0.812. The molecule has 1 fully saturated rings. The summed E-state index contributed by atoms with van der Waals surface area (Å²) in [5.74, 6) is 0. The first-order chi connectivity index (χ1) is 12.3. The Balaban J connectivity index is 1.60. The van der Waals surface area contributed by atoms with Gasteiger partial charge >= 0.3 is 6.03 Å². The zero-order chi connectivity index (χ0) is 17.5. The number of aromatic nitrogens is 3. The Morgan fingerprint density at radius 3 is 2.92 bits per heavy atom. The van der Waals surface area contributed by atoms with Gasteiger partial charge in [0.25, 0.3) is 0 Å². The van der Waals surface area contributed by atoms with Gasteiger partial charge in [0.05, 0.1) is 19.3 Å². The second-order valence-corrected chi connectivity index (χ2v) is 6.70. The Morgan fingerprint density at radius 2 is 2.24 bits per heavy atom. The van der Waals surface area contributed by atoms with E-state index in [1.807, 2.05) is 25.3 Å². The molecular formula is C16H22N6O2S. The highest BCUT2D eigenvalue weighted by Crippen LogP contribution is 2.20. The lowest BCUT2D eigenvalue weighted by Crippen LogP contribution is -2.44. The highest BCUT2D eigenvalue weighted by Gasteiger charge is 2.23. The van der Waals surface area contributed by atoms with Crippen LogP contribution in [0.5, 0.6) is 0 Å². The summed E-state index contributed by atoms with van der Waals surface area (Å²) in [6.45, 7) is 5.56. The molecule has 0 bridgehead atoms. The SMILES string of the molecule is CCc1nnc(NC(=O)NC[C@@H](c2cccnc2)N2CCOCC2)s1. The standard InChI is InChI=1S/C16H22N6O2S/c1-2-14-20-21-16(25-14)19-15(23)18-11-13(12-4-3-5-17-10-12)22-6-8-24-9-7-22/h3-5,10,13H,2,6-9,11H2,1H3,(H2,18,19,21,23)/t13-/m0/s1. The van der Waals surface area contributed by atoms with Gasteiger partial charge in [-0.2, -0.15) is 0 Å². The fraction of sp³-hybridized carbons (Fsp3) is 0.500. The third-order valence-corrected chi connectivity index (χ3v) is 4.98. The van der Waals surface area contributed by atoms with Gasteiger partial charge in [-0.25, -0.2) is 4.79 Å². The smallest absolute Gasteiger partial charge is 0.321 e. The van der Waals surface area contributed by atoms with Gasteiger partial charge < -0.3 is 10.1 Å². The number of anilines is 1. The van der Waals surface area contributed by atoms with Crippen molar-refractivity contribution in [1.82, 2.24) is 25.4 Å². The normalized spacial score (nSPS) is 16.4. The van der Waals surface area contributed by atoms with Gasteiger partial charge in [0.2, 0.25) is 5.13 Å². The zero-order valence-corrected chi connectivity index (χ0v) is 15.0. The van der Waals surface area contributed by atoms with Gasteiger partial charge in [0.15, 0.2) is 0 Å². The number of rotatable bonds is 6. The Hall–Kier alpha value is -2.10. The first kappa shape index (κ1) is 17.7. The maximum atomic E-state index is 12.2. The summed E-state index contributed by atoms with van der Waals surface area (Å²) in [7, 11) is 0. The molecule has 9 heteroatoms. The maximum Gasteiger partial charge on any atom is 0.321 e. The molecule has 134 valence electrons. The predicted molar refractivity (Wildman–Crippen MR) is 95.7 cm³/mol. The summed E-state index contributed by atoms with van der Waals surface area (Å²) >= 11 is 1.39. The van der Waals surface area contributed by atoms with E-state index in [-0.39, 0.29) is 12.1 Å². The number of ether oxygens (including phenoxy) is 1. The van der Waals surface area contributed by atoms with E-state index in [0.717, 1.165) is 30.1 Å². The Kier molecular flexibility index (Phi) is 6.26. The summed E-state index contributed by atoms with van der Waals surface area (Å²) < 4.78 is 5.43. The lowest BCUT2D eigenvalue weighted by atomic mass is 10.1. The van der Waals surface area contributed by atoms with Crippen LogP contribution in [0.25, 0.3) is 0 Å². The molecule has 0 spiro atoms.